The number of azide groups is 1. The molecule has 3 heterocycles. The quantitative estimate of drug-likeness (QED) is 0.389. The number of ether oxygens (including phenoxy) is 3. The molecular formula is C19H24F3N5O4. The van der Waals surface area contributed by atoms with Crippen molar-refractivity contribution in [2.75, 3.05) is 26.3 Å². The maximum atomic E-state index is 13.4. The monoisotopic (exact) mass is 443 g/mol. The van der Waals surface area contributed by atoms with E-state index in [4.69, 9.17) is 19.7 Å². The second-order valence-electron chi connectivity index (χ2n) is 8.58. The van der Waals surface area contributed by atoms with E-state index in [0.717, 1.165) is 6.07 Å². The van der Waals surface area contributed by atoms with E-state index in [1.807, 2.05) is 0 Å². The molecule has 2 aliphatic rings. The second kappa shape index (κ2) is 8.43. The van der Waals surface area contributed by atoms with E-state index in [0.29, 0.717) is 25.9 Å². The highest BCUT2D eigenvalue weighted by molar-refractivity contribution is 5.68. The van der Waals surface area contributed by atoms with Gasteiger partial charge in [0.15, 0.2) is 0 Å². The minimum absolute atomic E-state index is 0.0217. The summed E-state index contributed by atoms with van der Waals surface area (Å²) in [4.78, 5) is 20.1. The van der Waals surface area contributed by atoms with Gasteiger partial charge >= 0.3 is 12.3 Å². The lowest BCUT2D eigenvalue weighted by atomic mass is 9.89. The summed E-state index contributed by atoms with van der Waals surface area (Å²) >= 11 is 0. The molecule has 0 bridgehead atoms. The van der Waals surface area contributed by atoms with Gasteiger partial charge in [0.2, 0.25) is 5.88 Å². The van der Waals surface area contributed by atoms with Crippen LogP contribution in [0.2, 0.25) is 0 Å². The molecule has 2 saturated heterocycles. The van der Waals surface area contributed by atoms with Crippen LogP contribution in [0.1, 0.15) is 44.9 Å². The molecule has 0 aliphatic carbocycles. The molecule has 0 unspecified atom stereocenters. The molecule has 3 rings (SSSR count). The van der Waals surface area contributed by atoms with Crippen LogP contribution in [0.5, 0.6) is 5.88 Å². The highest BCUT2D eigenvalue weighted by atomic mass is 19.4. The van der Waals surface area contributed by atoms with Crippen molar-refractivity contribution in [1.82, 2.24) is 9.88 Å². The van der Waals surface area contributed by atoms with Crippen molar-refractivity contribution in [2.45, 2.75) is 57.0 Å². The number of halogens is 3. The van der Waals surface area contributed by atoms with Gasteiger partial charge in [-0.3, -0.25) is 0 Å². The van der Waals surface area contributed by atoms with E-state index >= 15 is 0 Å². The molecular weight excluding hydrogens is 419 g/mol. The number of amides is 1. The molecule has 12 heteroatoms. The second-order valence-corrected chi connectivity index (χ2v) is 8.58. The summed E-state index contributed by atoms with van der Waals surface area (Å²) < 4.78 is 56.3. The number of rotatable bonds is 4. The van der Waals surface area contributed by atoms with Crippen LogP contribution in [0.25, 0.3) is 10.4 Å². The Morgan fingerprint density at radius 1 is 1.29 bits per heavy atom. The van der Waals surface area contributed by atoms with Crippen molar-refractivity contribution in [3.63, 3.8) is 0 Å². The van der Waals surface area contributed by atoms with E-state index in [9.17, 15) is 18.0 Å². The van der Waals surface area contributed by atoms with Crippen molar-refractivity contribution in [3.05, 3.63) is 33.8 Å². The third kappa shape index (κ3) is 5.50. The van der Waals surface area contributed by atoms with Gasteiger partial charge in [-0.2, -0.15) is 13.2 Å². The van der Waals surface area contributed by atoms with Crippen LogP contribution in [0.4, 0.5) is 18.0 Å². The first-order valence-corrected chi connectivity index (χ1v) is 9.80. The Labute approximate surface area is 177 Å². The number of carbonyl (C=O) groups excluding carboxylic acids is 1. The van der Waals surface area contributed by atoms with Crippen LogP contribution in [-0.2, 0) is 21.2 Å². The number of nitrogens with zero attached hydrogens (tertiary/aromatic N) is 5. The molecule has 1 aromatic heterocycles. The lowest BCUT2D eigenvalue weighted by molar-refractivity contribution is -0.141. The molecule has 0 atom stereocenters. The first-order valence-electron chi connectivity index (χ1n) is 9.80. The fraction of sp³-hybridized carbons (Fsp3) is 0.684. The Hall–Kier alpha value is -2.72. The van der Waals surface area contributed by atoms with Gasteiger partial charge in [-0.15, -0.1) is 0 Å². The van der Waals surface area contributed by atoms with Gasteiger partial charge in [0.1, 0.15) is 22.9 Å². The van der Waals surface area contributed by atoms with E-state index in [1.54, 1.807) is 25.7 Å². The number of hydrogen-bond acceptors (Lipinski definition) is 6. The molecule has 2 fully saturated rings. The lowest BCUT2D eigenvalue weighted by Gasteiger charge is -2.38. The minimum Gasteiger partial charge on any atom is -0.474 e. The first-order chi connectivity index (χ1) is 14.4. The van der Waals surface area contributed by atoms with Gasteiger partial charge in [-0.1, -0.05) is 5.11 Å². The Bertz CT molecular complexity index is 868. The van der Waals surface area contributed by atoms with Crippen molar-refractivity contribution < 1.29 is 32.2 Å². The summed E-state index contributed by atoms with van der Waals surface area (Å²) in [6.45, 7) is 5.97. The Morgan fingerprint density at radius 2 is 1.94 bits per heavy atom. The van der Waals surface area contributed by atoms with Crippen LogP contribution in [0.15, 0.2) is 17.2 Å². The summed E-state index contributed by atoms with van der Waals surface area (Å²) in [6.07, 6.45) is -4.73. The minimum atomic E-state index is -4.70. The molecule has 170 valence electrons. The van der Waals surface area contributed by atoms with Gasteiger partial charge < -0.3 is 19.1 Å². The molecule has 1 aromatic rings. The van der Waals surface area contributed by atoms with Crippen molar-refractivity contribution in [3.8, 4) is 5.88 Å². The lowest BCUT2D eigenvalue weighted by Crippen LogP contribution is -2.45. The van der Waals surface area contributed by atoms with E-state index in [1.165, 1.54) is 6.07 Å². The number of pyridine rings is 1. The highest BCUT2D eigenvalue weighted by Gasteiger charge is 2.43. The standard InChI is InChI=1S/C19H24F3N5O4/c1-17(2,3)31-16(28)27-6-4-13(5-7-27)30-15-9-12(8-14(24-15)19(20,21)22)18(25-26-23)10-29-11-18/h8-9,13H,4-7,10-11H2,1-3H3. The Morgan fingerprint density at radius 3 is 2.42 bits per heavy atom. The fourth-order valence-corrected chi connectivity index (χ4v) is 3.30. The third-order valence-electron chi connectivity index (χ3n) is 4.93. The number of alkyl halides is 3. The molecule has 9 nitrogen and oxygen atoms in total. The smallest absolute Gasteiger partial charge is 0.433 e. The average Bonchev–Trinajstić information content (AvgIpc) is 2.63. The third-order valence-corrected chi connectivity index (χ3v) is 4.93. The van der Waals surface area contributed by atoms with Gasteiger partial charge in [-0.05, 0) is 37.9 Å². The maximum absolute atomic E-state index is 13.4. The molecule has 2 aliphatic heterocycles. The summed E-state index contributed by atoms with van der Waals surface area (Å²) in [6, 6.07) is 2.21. The largest absolute Gasteiger partial charge is 0.474 e. The maximum Gasteiger partial charge on any atom is 0.433 e. The number of hydrogen-bond donors (Lipinski definition) is 0. The van der Waals surface area contributed by atoms with Crippen molar-refractivity contribution in [2.24, 2.45) is 5.11 Å². The molecule has 0 radical (unpaired) electrons. The van der Waals surface area contributed by atoms with Gasteiger partial charge in [-0.25, -0.2) is 9.78 Å². The molecule has 0 N–H and O–H groups in total. The first kappa shape index (κ1) is 23.0. The van der Waals surface area contributed by atoms with E-state index < -0.39 is 35.2 Å². The fourth-order valence-electron chi connectivity index (χ4n) is 3.30. The summed E-state index contributed by atoms with van der Waals surface area (Å²) in [5, 5.41) is 3.65. The van der Waals surface area contributed by atoms with Gasteiger partial charge in [0, 0.05) is 36.9 Å². The molecule has 0 saturated carbocycles. The topological polar surface area (TPSA) is 110 Å². The predicted octanol–water partition coefficient (Wildman–Crippen LogP) is 4.41. The normalized spacial score (nSPS) is 19.2. The zero-order valence-corrected chi connectivity index (χ0v) is 17.5. The van der Waals surface area contributed by atoms with Crippen LogP contribution in [0.3, 0.4) is 0 Å². The predicted molar refractivity (Wildman–Crippen MR) is 102 cm³/mol. The molecule has 1 amide bonds. The van der Waals surface area contributed by atoms with Crippen LogP contribution in [0, 0.1) is 0 Å². The Kier molecular flexibility index (Phi) is 6.24. The van der Waals surface area contributed by atoms with Crippen LogP contribution in [-0.4, -0.2) is 54.0 Å². The number of aromatic nitrogens is 1. The van der Waals surface area contributed by atoms with E-state index in [2.05, 4.69) is 15.0 Å². The van der Waals surface area contributed by atoms with Crippen LogP contribution < -0.4 is 4.74 Å². The molecule has 0 spiro atoms. The Balaban J connectivity index is 1.74. The molecule has 31 heavy (non-hydrogen) atoms. The number of piperidine rings is 1. The van der Waals surface area contributed by atoms with Crippen molar-refractivity contribution >= 4 is 6.09 Å². The van der Waals surface area contributed by atoms with Crippen molar-refractivity contribution in [1.29, 1.82) is 0 Å². The summed E-state index contributed by atoms with van der Waals surface area (Å²) in [7, 11) is 0. The van der Waals surface area contributed by atoms with E-state index in [-0.39, 0.29) is 24.7 Å². The number of carbonyl (C=O) groups is 1. The summed E-state index contributed by atoms with van der Waals surface area (Å²) in [5.41, 5.74) is 6.00. The van der Waals surface area contributed by atoms with Gasteiger partial charge in [0.05, 0.1) is 13.2 Å². The average molecular weight is 443 g/mol. The molecule has 0 aromatic carbocycles. The zero-order valence-electron chi connectivity index (χ0n) is 17.5. The zero-order chi connectivity index (χ0) is 22.9. The van der Waals surface area contributed by atoms with Gasteiger partial charge in [0.25, 0.3) is 0 Å². The number of likely N-dealkylation sites (tertiary alicyclic amines) is 1. The SMILES string of the molecule is CC(C)(C)OC(=O)N1CCC(Oc2cc(C3(N=[N+]=[N-])COC3)cc(C(F)(F)F)n2)CC1. The highest BCUT2D eigenvalue weighted by Crippen LogP contribution is 2.39. The van der Waals surface area contributed by atoms with Crippen LogP contribution >= 0.6 is 0 Å². The summed E-state index contributed by atoms with van der Waals surface area (Å²) in [5.74, 6) is -0.208.